The number of rotatable bonds is 1. The summed E-state index contributed by atoms with van der Waals surface area (Å²) >= 11 is 0. The molecule has 8 heteroatoms. The fourth-order valence-corrected chi connectivity index (χ4v) is 3.81. The molecule has 8 nitrogen and oxygen atoms in total. The molecule has 1 fully saturated rings. The van der Waals surface area contributed by atoms with Gasteiger partial charge in [0.2, 0.25) is 0 Å². The predicted molar refractivity (Wildman–Crippen MR) is 103 cm³/mol. The van der Waals surface area contributed by atoms with E-state index in [0.717, 1.165) is 73.3 Å². The van der Waals surface area contributed by atoms with Gasteiger partial charge >= 0.3 is 0 Å². The van der Waals surface area contributed by atoms with E-state index in [2.05, 4.69) is 22.3 Å². The lowest BCUT2D eigenvalue weighted by atomic mass is 10.1. The largest absolute Gasteiger partial charge is 0.493 e. The van der Waals surface area contributed by atoms with Crippen LogP contribution in [0.4, 0.5) is 0 Å². The van der Waals surface area contributed by atoms with Crippen LogP contribution in [0.25, 0.3) is 22.3 Å². The third-order valence-corrected chi connectivity index (χ3v) is 5.23. The van der Waals surface area contributed by atoms with Gasteiger partial charge in [-0.2, -0.15) is 20.1 Å². The summed E-state index contributed by atoms with van der Waals surface area (Å²) in [6.07, 6.45) is 6.73. The Morgan fingerprint density at radius 1 is 0.964 bits per heavy atom. The van der Waals surface area contributed by atoms with Gasteiger partial charge < -0.3 is 14.2 Å². The molecular weight excluding hydrogens is 358 g/mol. The molecule has 1 aromatic carbocycles. The van der Waals surface area contributed by atoms with Crippen molar-refractivity contribution >= 4 is 10.9 Å². The van der Waals surface area contributed by atoms with Crippen molar-refractivity contribution in [3.05, 3.63) is 24.4 Å². The van der Waals surface area contributed by atoms with E-state index in [-0.39, 0.29) is 6.23 Å². The van der Waals surface area contributed by atoms with Gasteiger partial charge in [0.05, 0.1) is 24.9 Å². The molecule has 148 valence electrons. The van der Waals surface area contributed by atoms with Crippen LogP contribution in [0.5, 0.6) is 5.75 Å². The first-order chi connectivity index (χ1) is 13.9. The molecule has 1 atom stereocenters. The lowest BCUT2D eigenvalue weighted by Gasteiger charge is -2.23. The van der Waals surface area contributed by atoms with Crippen molar-refractivity contribution in [3.8, 4) is 17.1 Å². The summed E-state index contributed by atoms with van der Waals surface area (Å²) in [4.78, 5) is 1.72. The zero-order valence-electron chi connectivity index (χ0n) is 15.9. The number of fused-ring (bicyclic) bond motifs is 4. The molecule has 1 unspecified atom stereocenters. The van der Waals surface area contributed by atoms with Crippen molar-refractivity contribution in [3.63, 3.8) is 0 Å². The van der Waals surface area contributed by atoms with Crippen molar-refractivity contribution in [1.82, 2.24) is 24.8 Å². The van der Waals surface area contributed by atoms with E-state index in [9.17, 15) is 0 Å². The molecule has 1 saturated heterocycles. The SMILES string of the molecule is c1cc2c3cc1OCCCOCCCn1ncc(n1)-c3nn2C1CCCCO1. The molecule has 4 heterocycles. The van der Waals surface area contributed by atoms with Crippen molar-refractivity contribution < 1.29 is 14.2 Å². The lowest BCUT2D eigenvalue weighted by molar-refractivity contribution is -0.0365. The highest BCUT2D eigenvalue weighted by Crippen LogP contribution is 2.34. The Bertz CT molecular complexity index is 945. The van der Waals surface area contributed by atoms with Gasteiger partial charge in [-0.05, 0) is 43.9 Å². The van der Waals surface area contributed by atoms with Crippen LogP contribution in [0.2, 0.25) is 0 Å². The second-order valence-corrected chi connectivity index (χ2v) is 7.29. The third-order valence-electron chi connectivity index (χ3n) is 5.23. The highest BCUT2D eigenvalue weighted by atomic mass is 16.5. The van der Waals surface area contributed by atoms with Crippen LogP contribution in [-0.4, -0.2) is 51.2 Å². The summed E-state index contributed by atoms with van der Waals surface area (Å²) in [5.74, 6) is 0.833. The minimum absolute atomic E-state index is 0.0328. The Labute approximate surface area is 163 Å². The molecule has 4 bridgehead atoms. The van der Waals surface area contributed by atoms with Crippen molar-refractivity contribution in [2.24, 2.45) is 0 Å². The van der Waals surface area contributed by atoms with Gasteiger partial charge in [-0.3, -0.25) is 0 Å². The molecule has 2 aliphatic rings. The van der Waals surface area contributed by atoms with E-state index >= 15 is 0 Å². The number of ether oxygens (including phenoxy) is 3. The van der Waals surface area contributed by atoms with Crippen LogP contribution in [0.1, 0.15) is 38.3 Å². The molecule has 0 aliphatic carbocycles. The Hall–Kier alpha value is -2.45. The molecule has 28 heavy (non-hydrogen) atoms. The zero-order chi connectivity index (χ0) is 18.8. The molecule has 0 amide bonds. The number of aromatic nitrogens is 5. The Morgan fingerprint density at radius 3 is 2.86 bits per heavy atom. The second kappa shape index (κ2) is 7.89. The summed E-state index contributed by atoms with van der Waals surface area (Å²) in [7, 11) is 0. The minimum atomic E-state index is -0.0328. The van der Waals surface area contributed by atoms with Gasteiger partial charge in [0.1, 0.15) is 17.1 Å². The van der Waals surface area contributed by atoms with Gasteiger partial charge in [-0.25, -0.2) is 4.68 Å². The monoisotopic (exact) mass is 383 g/mol. The van der Waals surface area contributed by atoms with Crippen LogP contribution in [0.3, 0.4) is 0 Å². The first-order valence-corrected chi connectivity index (χ1v) is 10.1. The van der Waals surface area contributed by atoms with Crippen LogP contribution in [0.15, 0.2) is 24.4 Å². The zero-order valence-corrected chi connectivity index (χ0v) is 15.9. The maximum Gasteiger partial charge on any atom is 0.150 e. The van der Waals surface area contributed by atoms with Crippen LogP contribution in [-0.2, 0) is 16.0 Å². The summed E-state index contributed by atoms with van der Waals surface area (Å²) in [6, 6.07) is 6.12. The van der Waals surface area contributed by atoms with Gasteiger partial charge in [0, 0.05) is 31.6 Å². The predicted octanol–water partition coefficient (Wildman–Crippen LogP) is 3.18. The van der Waals surface area contributed by atoms with Crippen LogP contribution < -0.4 is 4.74 Å². The summed E-state index contributed by atoms with van der Waals surface area (Å²) in [5, 5.41) is 15.0. The number of hydrogen-bond acceptors (Lipinski definition) is 6. The fourth-order valence-electron chi connectivity index (χ4n) is 3.81. The molecule has 2 aromatic heterocycles. The van der Waals surface area contributed by atoms with Crippen molar-refractivity contribution in [1.29, 1.82) is 0 Å². The minimum Gasteiger partial charge on any atom is -0.493 e. The van der Waals surface area contributed by atoms with Gasteiger partial charge in [-0.15, -0.1) is 0 Å². The first-order valence-electron chi connectivity index (χ1n) is 10.1. The summed E-state index contributed by atoms with van der Waals surface area (Å²) in [5.41, 5.74) is 2.64. The third kappa shape index (κ3) is 3.49. The van der Waals surface area contributed by atoms with E-state index in [0.29, 0.717) is 19.8 Å². The molecule has 3 aromatic rings. The van der Waals surface area contributed by atoms with E-state index in [1.807, 2.05) is 10.7 Å². The number of nitrogens with zero attached hydrogens (tertiary/aromatic N) is 5. The number of aryl methyl sites for hydroxylation is 1. The average molecular weight is 383 g/mol. The summed E-state index contributed by atoms with van der Waals surface area (Å²) < 4.78 is 19.6. The van der Waals surface area contributed by atoms with E-state index < -0.39 is 0 Å². The molecule has 0 radical (unpaired) electrons. The Morgan fingerprint density at radius 2 is 1.93 bits per heavy atom. The van der Waals surface area contributed by atoms with Gasteiger partial charge in [0.25, 0.3) is 0 Å². The Balaban J connectivity index is 1.59. The molecule has 2 aliphatic heterocycles. The standard InChI is InChI=1S/C20H25N5O3/c1-2-11-28-19(5-1)25-18-7-6-15-13-16(18)20(23-25)17-14-21-24(22-17)8-3-9-26-10-4-12-27-15/h6-7,13-14,19H,1-5,8-12H2. The Kier molecular flexibility index (Phi) is 4.97. The maximum absolute atomic E-state index is 6.00. The maximum atomic E-state index is 6.00. The van der Waals surface area contributed by atoms with Gasteiger partial charge in [0.15, 0.2) is 6.23 Å². The van der Waals surface area contributed by atoms with Gasteiger partial charge in [-0.1, -0.05) is 0 Å². The van der Waals surface area contributed by atoms with Crippen LogP contribution in [0, 0.1) is 0 Å². The topological polar surface area (TPSA) is 76.2 Å². The highest BCUT2D eigenvalue weighted by molar-refractivity contribution is 5.93. The molecule has 0 N–H and O–H groups in total. The summed E-state index contributed by atoms with van der Waals surface area (Å²) in [6.45, 7) is 3.53. The number of benzene rings is 1. The number of hydrogen-bond donors (Lipinski definition) is 0. The molecule has 0 spiro atoms. The van der Waals surface area contributed by atoms with E-state index in [4.69, 9.17) is 19.3 Å². The van der Waals surface area contributed by atoms with E-state index in [1.54, 1.807) is 11.0 Å². The fraction of sp³-hybridized carbons (Fsp3) is 0.550. The average Bonchev–Trinajstić information content (AvgIpc) is 3.34. The van der Waals surface area contributed by atoms with Crippen LogP contribution >= 0.6 is 0 Å². The smallest absolute Gasteiger partial charge is 0.150 e. The first kappa shape index (κ1) is 17.6. The van der Waals surface area contributed by atoms with Crippen molar-refractivity contribution in [2.75, 3.05) is 26.4 Å². The molecule has 0 saturated carbocycles. The quantitative estimate of drug-likeness (QED) is 0.642. The van der Waals surface area contributed by atoms with E-state index in [1.165, 1.54) is 0 Å². The van der Waals surface area contributed by atoms with Crippen molar-refractivity contribution in [2.45, 2.75) is 44.9 Å². The second-order valence-electron chi connectivity index (χ2n) is 7.29. The normalized spacial score (nSPS) is 21.2. The molecule has 5 rings (SSSR count). The molecular formula is C20H25N5O3. The highest BCUT2D eigenvalue weighted by Gasteiger charge is 2.23. The lowest BCUT2D eigenvalue weighted by Crippen LogP contribution is -2.19.